The summed E-state index contributed by atoms with van der Waals surface area (Å²) in [6.07, 6.45) is 10.5. The normalized spacial score (nSPS) is 19.9. The number of amidine groups is 2. The SMILES string of the molecule is Cc1cccc(C)c1-n1c(C)cc(/C=C2\C(=N)N3N=C(CCC4CCCCC4)SC3=NC2=O)c1C. The topological polar surface area (TPSA) is 73.8 Å². The number of nitrogens with one attached hydrogen (secondary N) is 1. The maximum Gasteiger partial charge on any atom is 0.283 e. The molecule has 1 amide bonds. The zero-order valence-corrected chi connectivity index (χ0v) is 21.8. The molecule has 0 radical (unpaired) electrons. The Bertz CT molecular complexity index is 1270. The number of hydrogen-bond donors (Lipinski definition) is 1. The zero-order valence-electron chi connectivity index (χ0n) is 21.0. The molecule has 0 unspecified atom stereocenters. The lowest BCUT2D eigenvalue weighted by molar-refractivity contribution is -0.114. The second kappa shape index (κ2) is 9.61. The fraction of sp³-hybridized carbons (Fsp3) is 0.429. The Morgan fingerprint density at radius 1 is 1.11 bits per heavy atom. The summed E-state index contributed by atoms with van der Waals surface area (Å²) in [5.74, 6) is 0.515. The highest BCUT2D eigenvalue weighted by molar-refractivity contribution is 8.26. The monoisotopic (exact) mass is 487 g/mol. The number of aryl methyl sites for hydroxylation is 3. The summed E-state index contributed by atoms with van der Waals surface area (Å²) >= 11 is 1.44. The predicted octanol–water partition coefficient (Wildman–Crippen LogP) is 6.69. The van der Waals surface area contributed by atoms with Crippen LogP contribution in [-0.4, -0.2) is 31.5 Å². The predicted molar refractivity (Wildman–Crippen MR) is 146 cm³/mol. The largest absolute Gasteiger partial charge is 0.317 e. The summed E-state index contributed by atoms with van der Waals surface area (Å²) in [5.41, 5.74) is 6.90. The molecule has 0 bridgehead atoms. The van der Waals surface area contributed by atoms with E-state index < -0.39 is 0 Å². The van der Waals surface area contributed by atoms with E-state index in [1.807, 2.05) is 0 Å². The van der Waals surface area contributed by atoms with Crippen molar-refractivity contribution in [3.63, 3.8) is 0 Å². The molecule has 0 saturated heterocycles. The number of amides is 1. The quantitative estimate of drug-likeness (QED) is 0.477. The molecule has 2 aliphatic heterocycles. The third-order valence-electron chi connectivity index (χ3n) is 7.42. The lowest BCUT2D eigenvalue weighted by Crippen LogP contribution is -2.35. The zero-order chi connectivity index (χ0) is 24.7. The molecule has 1 saturated carbocycles. The van der Waals surface area contributed by atoms with E-state index in [2.05, 4.69) is 66.6 Å². The van der Waals surface area contributed by atoms with Crippen LogP contribution in [0.2, 0.25) is 0 Å². The van der Waals surface area contributed by atoms with Gasteiger partial charge < -0.3 is 4.57 Å². The number of para-hydroxylation sites is 1. The van der Waals surface area contributed by atoms with E-state index in [1.165, 1.54) is 60.7 Å². The van der Waals surface area contributed by atoms with Gasteiger partial charge in [0.25, 0.3) is 5.91 Å². The summed E-state index contributed by atoms with van der Waals surface area (Å²) < 4.78 is 2.23. The molecule has 6 nitrogen and oxygen atoms in total. The first-order chi connectivity index (χ1) is 16.8. The fourth-order valence-electron chi connectivity index (χ4n) is 5.53. The average molecular weight is 488 g/mol. The van der Waals surface area contributed by atoms with Crippen molar-refractivity contribution in [2.75, 3.05) is 0 Å². The van der Waals surface area contributed by atoms with Crippen molar-refractivity contribution in [1.29, 1.82) is 5.41 Å². The molecular formula is C28H33N5OS. The van der Waals surface area contributed by atoms with Gasteiger partial charge in [0.15, 0.2) is 5.84 Å². The van der Waals surface area contributed by atoms with Crippen LogP contribution in [0.3, 0.4) is 0 Å². The maximum absolute atomic E-state index is 13.0. The Morgan fingerprint density at radius 2 is 1.83 bits per heavy atom. The third kappa shape index (κ3) is 4.54. The van der Waals surface area contributed by atoms with Gasteiger partial charge in [0, 0.05) is 11.4 Å². The molecule has 182 valence electrons. The van der Waals surface area contributed by atoms with Crippen molar-refractivity contribution in [1.82, 2.24) is 9.58 Å². The van der Waals surface area contributed by atoms with Crippen LogP contribution >= 0.6 is 11.8 Å². The first kappa shape index (κ1) is 23.8. The van der Waals surface area contributed by atoms with Gasteiger partial charge in [-0.05, 0) is 87.0 Å². The Hall–Kier alpha value is -2.93. The lowest BCUT2D eigenvalue weighted by atomic mass is 9.86. The minimum Gasteiger partial charge on any atom is -0.317 e. The standard InChI is InChI=1S/C28H33N5OS/c1-17-9-8-10-18(2)25(17)32-19(3)15-22(20(32)4)16-23-26(29)33-28(30-27(23)34)35-24(31-33)14-13-21-11-6-5-7-12-21/h8-10,15-16,21,29H,5-7,11-14H2,1-4H3/b23-16+,29-26?. The summed E-state index contributed by atoms with van der Waals surface area (Å²) in [5, 5.41) is 16.5. The average Bonchev–Trinajstić information content (AvgIpc) is 3.36. The van der Waals surface area contributed by atoms with Gasteiger partial charge in [-0.1, -0.05) is 50.3 Å². The number of carbonyl (C=O) groups excluding carboxylic acids is 1. The Balaban J connectivity index is 1.40. The van der Waals surface area contributed by atoms with Crippen LogP contribution in [0, 0.1) is 39.0 Å². The molecule has 0 atom stereocenters. The number of benzene rings is 1. The fourth-order valence-corrected chi connectivity index (χ4v) is 6.43. The second-order valence-electron chi connectivity index (χ2n) is 9.96. The van der Waals surface area contributed by atoms with Crippen molar-refractivity contribution in [3.8, 4) is 5.69 Å². The van der Waals surface area contributed by atoms with Crippen molar-refractivity contribution in [2.24, 2.45) is 16.0 Å². The Kier molecular flexibility index (Phi) is 6.53. The highest BCUT2D eigenvalue weighted by atomic mass is 32.2. The summed E-state index contributed by atoms with van der Waals surface area (Å²) in [7, 11) is 0. The van der Waals surface area contributed by atoms with Gasteiger partial charge in [0.2, 0.25) is 5.17 Å². The summed E-state index contributed by atoms with van der Waals surface area (Å²) in [6.45, 7) is 8.37. The van der Waals surface area contributed by atoms with E-state index >= 15 is 0 Å². The number of carbonyl (C=O) groups is 1. The lowest BCUT2D eigenvalue weighted by Gasteiger charge is -2.20. The van der Waals surface area contributed by atoms with Crippen molar-refractivity contribution in [3.05, 3.63) is 57.9 Å². The van der Waals surface area contributed by atoms with E-state index in [9.17, 15) is 4.79 Å². The highest BCUT2D eigenvalue weighted by Crippen LogP contribution is 2.34. The van der Waals surface area contributed by atoms with Crippen LogP contribution in [-0.2, 0) is 4.79 Å². The van der Waals surface area contributed by atoms with Crippen LogP contribution in [0.5, 0.6) is 0 Å². The first-order valence-electron chi connectivity index (χ1n) is 12.6. The van der Waals surface area contributed by atoms with E-state index in [4.69, 9.17) is 5.41 Å². The van der Waals surface area contributed by atoms with Crippen molar-refractivity contribution < 1.29 is 4.79 Å². The maximum atomic E-state index is 13.0. The molecule has 1 N–H and O–H groups in total. The van der Waals surface area contributed by atoms with Gasteiger partial charge in [0.1, 0.15) is 5.04 Å². The Morgan fingerprint density at radius 3 is 2.54 bits per heavy atom. The molecule has 1 fully saturated rings. The number of hydrogen-bond acceptors (Lipinski definition) is 4. The third-order valence-corrected chi connectivity index (χ3v) is 8.39. The van der Waals surface area contributed by atoms with E-state index in [1.54, 1.807) is 11.1 Å². The molecule has 1 aromatic carbocycles. The molecule has 1 aliphatic carbocycles. The molecular weight excluding hydrogens is 454 g/mol. The molecule has 3 heterocycles. The van der Waals surface area contributed by atoms with Gasteiger partial charge in [-0.25, -0.2) is 0 Å². The molecule has 7 heteroatoms. The van der Waals surface area contributed by atoms with Crippen molar-refractivity contribution in [2.45, 2.75) is 72.6 Å². The summed E-state index contributed by atoms with van der Waals surface area (Å²) in [6, 6.07) is 8.38. The number of aromatic nitrogens is 1. The molecule has 5 rings (SSSR count). The summed E-state index contributed by atoms with van der Waals surface area (Å²) in [4.78, 5) is 17.2. The minimum atomic E-state index is -0.366. The first-order valence-corrected chi connectivity index (χ1v) is 13.4. The smallest absolute Gasteiger partial charge is 0.283 e. The Labute approximate surface area is 211 Å². The van der Waals surface area contributed by atoms with E-state index in [0.29, 0.717) is 5.17 Å². The van der Waals surface area contributed by atoms with E-state index in [-0.39, 0.29) is 17.3 Å². The number of fused-ring (bicyclic) bond motifs is 1. The molecule has 0 spiro atoms. The molecule has 2 aromatic rings. The van der Waals surface area contributed by atoms with Gasteiger partial charge >= 0.3 is 0 Å². The van der Waals surface area contributed by atoms with Gasteiger partial charge in [-0.3, -0.25) is 10.2 Å². The molecule has 35 heavy (non-hydrogen) atoms. The van der Waals surface area contributed by atoms with Crippen LogP contribution < -0.4 is 0 Å². The van der Waals surface area contributed by atoms with Crippen LogP contribution in [0.15, 0.2) is 39.9 Å². The number of thioether (sulfide) groups is 1. The minimum absolute atomic E-state index is 0.108. The number of aliphatic imine (C=N–C) groups is 1. The van der Waals surface area contributed by atoms with Crippen molar-refractivity contribution >= 4 is 39.8 Å². The van der Waals surface area contributed by atoms with Gasteiger partial charge in [0.05, 0.1) is 11.3 Å². The van der Waals surface area contributed by atoms with Crippen LogP contribution in [0.1, 0.15) is 73.0 Å². The van der Waals surface area contributed by atoms with Crippen LogP contribution in [0.4, 0.5) is 0 Å². The van der Waals surface area contributed by atoms with E-state index in [0.717, 1.165) is 40.8 Å². The number of nitrogens with zero attached hydrogens (tertiary/aromatic N) is 4. The highest BCUT2D eigenvalue weighted by Gasteiger charge is 2.36. The number of hydrazone groups is 1. The van der Waals surface area contributed by atoms with Gasteiger partial charge in [-0.2, -0.15) is 15.1 Å². The number of rotatable bonds is 5. The molecule has 1 aromatic heterocycles. The van der Waals surface area contributed by atoms with Gasteiger partial charge in [-0.15, -0.1) is 0 Å². The molecule has 3 aliphatic rings. The van der Waals surface area contributed by atoms with Crippen LogP contribution in [0.25, 0.3) is 11.8 Å². The second-order valence-corrected chi connectivity index (χ2v) is 11.0.